The number of carbonyl (C=O) groups is 2. The number of ether oxygens (including phenoxy) is 1. The Balaban J connectivity index is 1.42. The van der Waals surface area contributed by atoms with Crippen molar-refractivity contribution in [1.29, 1.82) is 0 Å². The zero-order valence-corrected chi connectivity index (χ0v) is 13.9. The number of piperazine rings is 1. The molecule has 1 aromatic carbocycles. The van der Waals surface area contributed by atoms with Gasteiger partial charge in [-0.25, -0.2) is 0 Å². The van der Waals surface area contributed by atoms with Crippen molar-refractivity contribution in [3.05, 3.63) is 30.3 Å². The number of nitrogens with zero attached hydrogens (tertiary/aromatic N) is 2. The lowest BCUT2D eigenvalue weighted by Crippen LogP contribution is -2.50. The molecule has 6 nitrogen and oxygen atoms in total. The highest BCUT2D eigenvalue weighted by molar-refractivity contribution is 5.80. The Bertz CT molecular complexity index is 550. The van der Waals surface area contributed by atoms with Gasteiger partial charge >= 0.3 is 0 Å². The maximum Gasteiger partial charge on any atom is 0.260 e. The van der Waals surface area contributed by atoms with Gasteiger partial charge in [0.1, 0.15) is 5.75 Å². The van der Waals surface area contributed by atoms with Crippen molar-refractivity contribution in [3.63, 3.8) is 0 Å². The Morgan fingerprint density at radius 1 is 1.00 bits per heavy atom. The molecule has 0 atom stereocenters. The van der Waals surface area contributed by atoms with Gasteiger partial charge in [0.05, 0.1) is 0 Å². The van der Waals surface area contributed by atoms with Crippen LogP contribution in [-0.4, -0.2) is 67.5 Å². The molecule has 2 amide bonds. The van der Waals surface area contributed by atoms with Crippen LogP contribution in [0.4, 0.5) is 0 Å². The van der Waals surface area contributed by atoms with Gasteiger partial charge in [0, 0.05) is 45.2 Å². The van der Waals surface area contributed by atoms with Crippen LogP contribution >= 0.6 is 0 Å². The number of nitrogens with one attached hydrogen (secondary N) is 1. The van der Waals surface area contributed by atoms with Gasteiger partial charge in [-0.05, 0) is 25.0 Å². The summed E-state index contributed by atoms with van der Waals surface area (Å²) in [5.41, 5.74) is 0. The van der Waals surface area contributed by atoms with Crippen LogP contribution in [-0.2, 0) is 9.59 Å². The van der Waals surface area contributed by atoms with Crippen LogP contribution in [0.2, 0.25) is 0 Å². The van der Waals surface area contributed by atoms with Crippen molar-refractivity contribution in [1.82, 2.24) is 15.1 Å². The number of carbonyl (C=O) groups excluding carboxylic acids is 2. The number of amides is 2. The first-order chi connectivity index (χ1) is 11.7. The van der Waals surface area contributed by atoms with Gasteiger partial charge in [-0.1, -0.05) is 18.2 Å². The average Bonchev–Trinajstić information content (AvgIpc) is 2.67. The van der Waals surface area contributed by atoms with Crippen LogP contribution in [0.15, 0.2) is 30.3 Å². The lowest BCUT2D eigenvalue weighted by molar-refractivity contribution is -0.141. The van der Waals surface area contributed by atoms with Crippen LogP contribution in [0.3, 0.4) is 0 Å². The molecule has 3 rings (SSSR count). The lowest BCUT2D eigenvalue weighted by atomic mass is 9.95. The molecule has 2 heterocycles. The van der Waals surface area contributed by atoms with Gasteiger partial charge in [0.2, 0.25) is 5.91 Å². The van der Waals surface area contributed by atoms with E-state index in [-0.39, 0.29) is 24.3 Å². The third kappa shape index (κ3) is 4.26. The summed E-state index contributed by atoms with van der Waals surface area (Å²) in [4.78, 5) is 28.5. The van der Waals surface area contributed by atoms with E-state index in [1.807, 2.05) is 40.1 Å². The van der Waals surface area contributed by atoms with Gasteiger partial charge in [-0.3, -0.25) is 9.59 Å². The van der Waals surface area contributed by atoms with Gasteiger partial charge in [-0.2, -0.15) is 0 Å². The first kappa shape index (κ1) is 16.8. The number of benzene rings is 1. The standard InChI is InChI=1S/C18H25N3O3/c22-17(14-24-16-4-2-1-3-5-16)20-10-6-15(7-11-20)18(23)21-12-8-19-9-13-21/h1-5,15,19H,6-14H2. The number of piperidine rings is 1. The fourth-order valence-corrected chi connectivity index (χ4v) is 3.27. The molecule has 2 saturated heterocycles. The molecule has 0 aliphatic carbocycles. The van der Waals surface area contributed by atoms with E-state index >= 15 is 0 Å². The lowest BCUT2D eigenvalue weighted by Gasteiger charge is -2.35. The largest absolute Gasteiger partial charge is 0.484 e. The van der Waals surface area contributed by atoms with E-state index < -0.39 is 0 Å². The molecule has 130 valence electrons. The summed E-state index contributed by atoms with van der Waals surface area (Å²) < 4.78 is 5.52. The topological polar surface area (TPSA) is 61.9 Å². The minimum atomic E-state index is -0.00748. The van der Waals surface area contributed by atoms with Crippen molar-refractivity contribution in [2.24, 2.45) is 5.92 Å². The summed E-state index contributed by atoms with van der Waals surface area (Å²) in [6.45, 7) is 4.67. The third-order valence-corrected chi connectivity index (χ3v) is 4.73. The Morgan fingerprint density at radius 2 is 1.67 bits per heavy atom. The average molecular weight is 331 g/mol. The molecule has 0 aromatic heterocycles. The minimum absolute atomic E-state index is 0.00748. The summed E-state index contributed by atoms with van der Waals surface area (Å²) in [6, 6.07) is 9.35. The van der Waals surface area contributed by atoms with E-state index in [0.717, 1.165) is 39.0 Å². The second-order valence-corrected chi connectivity index (χ2v) is 6.33. The molecule has 0 bridgehead atoms. The third-order valence-electron chi connectivity index (χ3n) is 4.73. The highest BCUT2D eigenvalue weighted by Gasteiger charge is 2.30. The van der Waals surface area contributed by atoms with E-state index in [4.69, 9.17) is 4.74 Å². The molecule has 2 aliphatic heterocycles. The normalized spacial score (nSPS) is 19.2. The molecule has 2 aliphatic rings. The molecule has 0 saturated carbocycles. The smallest absolute Gasteiger partial charge is 0.260 e. The van der Waals surface area contributed by atoms with E-state index in [9.17, 15) is 9.59 Å². The van der Waals surface area contributed by atoms with E-state index in [0.29, 0.717) is 18.8 Å². The van der Waals surface area contributed by atoms with Crippen LogP contribution in [0, 0.1) is 5.92 Å². The molecule has 6 heteroatoms. The number of rotatable bonds is 4. The van der Waals surface area contributed by atoms with E-state index in [1.165, 1.54) is 0 Å². The molecule has 1 aromatic rings. The zero-order valence-electron chi connectivity index (χ0n) is 13.9. The fourth-order valence-electron chi connectivity index (χ4n) is 3.27. The van der Waals surface area contributed by atoms with E-state index in [1.54, 1.807) is 0 Å². The summed E-state index contributed by atoms with van der Waals surface area (Å²) >= 11 is 0. The highest BCUT2D eigenvalue weighted by Crippen LogP contribution is 2.20. The van der Waals surface area contributed by atoms with Crippen molar-refractivity contribution in [2.45, 2.75) is 12.8 Å². The number of para-hydroxylation sites is 1. The van der Waals surface area contributed by atoms with E-state index in [2.05, 4.69) is 5.32 Å². The van der Waals surface area contributed by atoms with Crippen molar-refractivity contribution in [2.75, 3.05) is 45.9 Å². The Morgan fingerprint density at radius 3 is 2.33 bits per heavy atom. The SMILES string of the molecule is O=C(COc1ccccc1)N1CCC(C(=O)N2CCNCC2)CC1. The monoisotopic (exact) mass is 331 g/mol. The molecule has 0 unspecified atom stereocenters. The van der Waals surface area contributed by atoms with Crippen LogP contribution < -0.4 is 10.1 Å². The van der Waals surface area contributed by atoms with Gasteiger partial charge in [-0.15, -0.1) is 0 Å². The predicted molar refractivity (Wildman–Crippen MR) is 90.7 cm³/mol. The number of likely N-dealkylation sites (tertiary alicyclic amines) is 1. The van der Waals surface area contributed by atoms with Crippen molar-refractivity contribution < 1.29 is 14.3 Å². The first-order valence-corrected chi connectivity index (χ1v) is 8.69. The zero-order chi connectivity index (χ0) is 16.8. The maximum absolute atomic E-state index is 12.5. The Hall–Kier alpha value is -2.08. The first-order valence-electron chi connectivity index (χ1n) is 8.69. The van der Waals surface area contributed by atoms with Crippen LogP contribution in [0.1, 0.15) is 12.8 Å². The molecule has 0 spiro atoms. The van der Waals surface area contributed by atoms with Gasteiger partial charge in [0.25, 0.3) is 5.91 Å². The second-order valence-electron chi connectivity index (χ2n) is 6.33. The van der Waals surface area contributed by atoms with Crippen LogP contribution in [0.25, 0.3) is 0 Å². The number of hydrogen-bond donors (Lipinski definition) is 1. The summed E-state index contributed by atoms with van der Waals surface area (Å²) in [6.07, 6.45) is 1.50. The summed E-state index contributed by atoms with van der Waals surface area (Å²) in [5.74, 6) is 1.01. The fraction of sp³-hybridized carbons (Fsp3) is 0.556. The molecule has 2 fully saturated rings. The molecule has 1 N–H and O–H groups in total. The van der Waals surface area contributed by atoms with Crippen LogP contribution in [0.5, 0.6) is 5.75 Å². The summed E-state index contributed by atoms with van der Waals surface area (Å²) in [5, 5.41) is 3.26. The van der Waals surface area contributed by atoms with Crippen molar-refractivity contribution >= 4 is 11.8 Å². The quantitative estimate of drug-likeness (QED) is 0.884. The van der Waals surface area contributed by atoms with Crippen molar-refractivity contribution in [3.8, 4) is 5.75 Å². The van der Waals surface area contributed by atoms with Gasteiger partial charge in [0.15, 0.2) is 6.61 Å². The highest BCUT2D eigenvalue weighted by atomic mass is 16.5. The summed E-state index contributed by atoms with van der Waals surface area (Å²) in [7, 11) is 0. The molecule has 0 radical (unpaired) electrons. The molecular formula is C18H25N3O3. The molecular weight excluding hydrogens is 306 g/mol. The maximum atomic E-state index is 12.5. The Labute approximate surface area is 142 Å². The molecule has 24 heavy (non-hydrogen) atoms. The van der Waals surface area contributed by atoms with Gasteiger partial charge < -0.3 is 19.9 Å². The second kappa shape index (κ2) is 8.15. The number of hydrogen-bond acceptors (Lipinski definition) is 4. The Kier molecular flexibility index (Phi) is 5.69. The predicted octanol–water partition coefficient (Wildman–Crippen LogP) is 0.736. The minimum Gasteiger partial charge on any atom is -0.484 e.